The zero-order valence-electron chi connectivity index (χ0n) is 12.1. The third kappa shape index (κ3) is 2.82. The average molecular weight is 298 g/mol. The van der Waals surface area contributed by atoms with E-state index in [9.17, 15) is 14.9 Å². The van der Waals surface area contributed by atoms with Crippen molar-refractivity contribution in [2.75, 3.05) is 24.6 Å². The Morgan fingerprint density at radius 1 is 1.57 bits per heavy atom. The summed E-state index contributed by atoms with van der Waals surface area (Å²) in [7, 11) is 0. The van der Waals surface area contributed by atoms with Crippen LogP contribution < -0.4 is 4.90 Å². The molecule has 116 valence electrons. The lowest BCUT2D eigenvalue weighted by molar-refractivity contribution is -0.384. The highest BCUT2D eigenvalue weighted by molar-refractivity contribution is 5.74. The number of carboxylic acid groups (broad SMARTS) is 1. The lowest BCUT2D eigenvalue weighted by Crippen LogP contribution is -2.47. The van der Waals surface area contributed by atoms with Crippen LogP contribution in [0, 0.1) is 17.0 Å². The van der Waals surface area contributed by atoms with E-state index < -0.39 is 17.0 Å². The van der Waals surface area contributed by atoms with Gasteiger partial charge in [-0.1, -0.05) is 0 Å². The first-order valence-corrected chi connectivity index (χ1v) is 6.65. The van der Waals surface area contributed by atoms with Gasteiger partial charge in [-0.25, -0.2) is 9.48 Å². The van der Waals surface area contributed by atoms with E-state index in [-0.39, 0.29) is 24.9 Å². The van der Waals surface area contributed by atoms with Crippen molar-refractivity contribution in [3.63, 3.8) is 0 Å². The van der Waals surface area contributed by atoms with E-state index in [1.54, 1.807) is 16.5 Å². The molecule has 0 radical (unpaired) electrons. The number of aromatic nitrogens is 2. The second kappa shape index (κ2) is 5.68. The zero-order valence-corrected chi connectivity index (χ0v) is 12.1. The van der Waals surface area contributed by atoms with Gasteiger partial charge in [-0.05, 0) is 20.8 Å². The first-order valence-electron chi connectivity index (χ1n) is 6.65. The van der Waals surface area contributed by atoms with Gasteiger partial charge < -0.3 is 14.7 Å². The van der Waals surface area contributed by atoms with Gasteiger partial charge in [0.05, 0.1) is 18.1 Å². The van der Waals surface area contributed by atoms with Crippen LogP contribution in [-0.4, -0.2) is 51.6 Å². The van der Waals surface area contributed by atoms with E-state index >= 15 is 0 Å². The summed E-state index contributed by atoms with van der Waals surface area (Å²) in [5.41, 5.74) is 0.247. The number of morpholine rings is 1. The number of rotatable bonds is 4. The van der Waals surface area contributed by atoms with Crippen LogP contribution in [0.2, 0.25) is 0 Å². The second-order valence-corrected chi connectivity index (χ2v) is 5.20. The van der Waals surface area contributed by atoms with Crippen molar-refractivity contribution in [3.05, 3.63) is 15.8 Å². The molecule has 1 aromatic rings. The Labute approximate surface area is 121 Å². The van der Waals surface area contributed by atoms with Gasteiger partial charge in [0.15, 0.2) is 6.10 Å². The number of carboxylic acids is 1. The summed E-state index contributed by atoms with van der Waals surface area (Å²) in [6, 6.07) is -0.0708. The number of hydrogen-bond acceptors (Lipinski definition) is 6. The predicted octanol–water partition coefficient (Wildman–Crippen LogP) is 0.970. The molecule has 9 nitrogen and oxygen atoms in total. The van der Waals surface area contributed by atoms with Crippen molar-refractivity contribution in [1.29, 1.82) is 0 Å². The van der Waals surface area contributed by atoms with Crippen molar-refractivity contribution < 1.29 is 19.6 Å². The number of hydrogen-bond donors (Lipinski definition) is 1. The second-order valence-electron chi connectivity index (χ2n) is 5.20. The largest absolute Gasteiger partial charge is 0.479 e. The quantitative estimate of drug-likeness (QED) is 0.651. The van der Waals surface area contributed by atoms with Crippen LogP contribution in [0.15, 0.2) is 0 Å². The normalized spacial score (nSPS) is 19.0. The molecule has 1 aliphatic rings. The number of anilines is 1. The predicted molar refractivity (Wildman–Crippen MR) is 73.6 cm³/mol. The van der Waals surface area contributed by atoms with Crippen molar-refractivity contribution in [1.82, 2.24) is 9.78 Å². The first kappa shape index (κ1) is 15.2. The molecule has 1 aromatic heterocycles. The number of aliphatic carboxylic acids is 1. The highest BCUT2D eigenvalue weighted by Gasteiger charge is 2.35. The summed E-state index contributed by atoms with van der Waals surface area (Å²) in [5.74, 6) is -0.725. The molecular weight excluding hydrogens is 280 g/mol. The molecule has 1 unspecified atom stereocenters. The molecule has 2 heterocycles. The van der Waals surface area contributed by atoms with Gasteiger partial charge in [-0.2, -0.15) is 5.10 Å². The van der Waals surface area contributed by atoms with Crippen molar-refractivity contribution in [2.24, 2.45) is 0 Å². The molecule has 1 saturated heterocycles. The smallest absolute Gasteiger partial charge is 0.334 e. The molecule has 1 N–H and O–H groups in total. The summed E-state index contributed by atoms with van der Waals surface area (Å²) in [6.45, 7) is 5.98. The molecule has 1 aliphatic heterocycles. The van der Waals surface area contributed by atoms with Crippen LogP contribution in [0.1, 0.15) is 25.6 Å². The van der Waals surface area contributed by atoms with Crippen LogP contribution >= 0.6 is 0 Å². The van der Waals surface area contributed by atoms with Gasteiger partial charge in [0.1, 0.15) is 5.69 Å². The molecule has 0 amide bonds. The number of nitro groups is 1. The third-order valence-corrected chi connectivity index (χ3v) is 3.34. The molecular formula is C12H18N4O5. The van der Waals surface area contributed by atoms with Gasteiger partial charge in [0, 0.05) is 12.6 Å². The standard InChI is InChI=1S/C12H18N4O5/c1-7(2)15-11(10(16(19)20)8(3)13-15)14-4-5-21-9(6-14)12(17)18/h7,9H,4-6H2,1-3H3,(H,17,18). The molecule has 0 bridgehead atoms. The zero-order chi connectivity index (χ0) is 15.7. The average Bonchev–Trinajstić information content (AvgIpc) is 2.76. The lowest BCUT2D eigenvalue weighted by atomic mass is 10.2. The summed E-state index contributed by atoms with van der Waals surface area (Å²) in [5, 5.41) is 24.6. The van der Waals surface area contributed by atoms with Crippen molar-refractivity contribution in [3.8, 4) is 0 Å². The minimum Gasteiger partial charge on any atom is -0.479 e. The highest BCUT2D eigenvalue weighted by atomic mass is 16.6. The van der Waals surface area contributed by atoms with E-state index in [4.69, 9.17) is 9.84 Å². The summed E-state index contributed by atoms with van der Waals surface area (Å²) in [4.78, 5) is 23.6. The molecule has 9 heteroatoms. The Morgan fingerprint density at radius 2 is 2.24 bits per heavy atom. The van der Waals surface area contributed by atoms with Crippen LogP contribution in [0.25, 0.3) is 0 Å². The molecule has 0 spiro atoms. The van der Waals surface area contributed by atoms with E-state index in [1.807, 2.05) is 13.8 Å². The van der Waals surface area contributed by atoms with E-state index in [0.717, 1.165) is 0 Å². The van der Waals surface area contributed by atoms with Crippen LogP contribution in [0.5, 0.6) is 0 Å². The Morgan fingerprint density at radius 3 is 2.76 bits per heavy atom. The molecule has 0 aromatic carbocycles. The molecule has 1 fully saturated rings. The van der Waals surface area contributed by atoms with Crippen LogP contribution in [0.4, 0.5) is 11.5 Å². The topological polar surface area (TPSA) is 111 Å². The first-order chi connectivity index (χ1) is 9.82. The minimum atomic E-state index is -1.07. The van der Waals surface area contributed by atoms with Gasteiger partial charge >= 0.3 is 11.7 Å². The Hall–Kier alpha value is -2.16. The van der Waals surface area contributed by atoms with Crippen LogP contribution in [0.3, 0.4) is 0 Å². The maximum Gasteiger partial charge on any atom is 0.334 e. The fourth-order valence-electron chi connectivity index (χ4n) is 2.39. The number of carbonyl (C=O) groups is 1. The maximum atomic E-state index is 11.3. The minimum absolute atomic E-state index is 0.0635. The van der Waals surface area contributed by atoms with Crippen molar-refractivity contribution >= 4 is 17.5 Å². The van der Waals surface area contributed by atoms with Gasteiger partial charge in [-0.15, -0.1) is 0 Å². The Balaban J connectivity index is 2.46. The number of aryl methyl sites for hydroxylation is 1. The van der Waals surface area contributed by atoms with E-state index in [0.29, 0.717) is 18.1 Å². The maximum absolute atomic E-state index is 11.3. The highest BCUT2D eigenvalue weighted by Crippen LogP contribution is 2.34. The summed E-state index contributed by atoms with van der Waals surface area (Å²) < 4.78 is 6.73. The number of ether oxygens (including phenoxy) is 1. The monoisotopic (exact) mass is 298 g/mol. The fourth-order valence-corrected chi connectivity index (χ4v) is 2.39. The molecule has 1 atom stereocenters. The number of nitrogens with zero attached hydrogens (tertiary/aromatic N) is 4. The van der Waals surface area contributed by atoms with E-state index in [2.05, 4.69) is 5.10 Å². The van der Waals surface area contributed by atoms with E-state index in [1.165, 1.54) is 0 Å². The lowest BCUT2D eigenvalue weighted by Gasteiger charge is -2.32. The SMILES string of the molecule is Cc1nn(C(C)C)c(N2CCOC(C(=O)O)C2)c1[N+](=O)[O-]. The fraction of sp³-hybridized carbons (Fsp3) is 0.667. The van der Waals surface area contributed by atoms with Gasteiger partial charge in [0.25, 0.3) is 0 Å². The Bertz CT molecular complexity index is 568. The van der Waals surface area contributed by atoms with Crippen LogP contribution in [-0.2, 0) is 9.53 Å². The molecule has 0 aliphatic carbocycles. The molecule has 21 heavy (non-hydrogen) atoms. The molecule has 2 rings (SSSR count). The third-order valence-electron chi connectivity index (χ3n) is 3.34. The molecule has 0 saturated carbocycles. The summed E-state index contributed by atoms with van der Waals surface area (Å²) >= 11 is 0. The van der Waals surface area contributed by atoms with Crippen molar-refractivity contribution in [2.45, 2.75) is 32.9 Å². The van der Waals surface area contributed by atoms with Gasteiger partial charge in [0.2, 0.25) is 5.82 Å². The Kier molecular flexibility index (Phi) is 4.12. The summed E-state index contributed by atoms with van der Waals surface area (Å²) in [6.07, 6.45) is -0.992. The van der Waals surface area contributed by atoms with Gasteiger partial charge in [-0.3, -0.25) is 10.1 Å².